The quantitative estimate of drug-likeness (QED) is 0.700. The molecule has 2 N–H and O–H groups in total. The Balaban J connectivity index is 2.18. The number of rotatable bonds is 2. The summed E-state index contributed by atoms with van der Waals surface area (Å²) in [5.74, 6) is -0.0164. The SMILES string of the molecule is COC(=O)c1ncn(-c2nc(N)nc3sc(C)cc23)n1. The fraction of sp³-hybridized carbons (Fsp3) is 0.182. The maximum absolute atomic E-state index is 11.4. The van der Waals surface area contributed by atoms with E-state index in [1.54, 1.807) is 0 Å². The molecule has 3 aromatic rings. The third kappa shape index (κ3) is 1.97. The Morgan fingerprint density at radius 3 is 3.00 bits per heavy atom. The minimum atomic E-state index is -0.608. The lowest BCUT2D eigenvalue weighted by Crippen LogP contribution is -2.07. The predicted molar refractivity (Wildman–Crippen MR) is 72.8 cm³/mol. The molecule has 0 aliphatic rings. The van der Waals surface area contributed by atoms with E-state index in [-0.39, 0.29) is 11.8 Å². The summed E-state index contributed by atoms with van der Waals surface area (Å²) < 4.78 is 5.96. The Kier molecular flexibility index (Phi) is 2.83. The Morgan fingerprint density at radius 1 is 1.45 bits per heavy atom. The highest BCUT2D eigenvalue weighted by atomic mass is 32.1. The highest BCUT2D eigenvalue weighted by molar-refractivity contribution is 7.18. The van der Waals surface area contributed by atoms with Gasteiger partial charge in [0.25, 0.3) is 5.82 Å². The van der Waals surface area contributed by atoms with Crippen molar-refractivity contribution in [3.63, 3.8) is 0 Å². The van der Waals surface area contributed by atoms with Crippen LogP contribution in [-0.2, 0) is 4.74 Å². The van der Waals surface area contributed by atoms with Gasteiger partial charge in [-0.3, -0.25) is 0 Å². The summed E-state index contributed by atoms with van der Waals surface area (Å²) in [6, 6.07) is 1.94. The number of fused-ring (bicyclic) bond motifs is 1. The molecule has 0 saturated heterocycles. The summed E-state index contributed by atoms with van der Waals surface area (Å²) >= 11 is 1.51. The Bertz CT molecular complexity index is 808. The average molecular weight is 290 g/mol. The molecule has 3 rings (SSSR count). The third-order valence-corrected chi connectivity index (χ3v) is 3.53. The second-order valence-electron chi connectivity index (χ2n) is 3.99. The number of hydrogen-bond acceptors (Lipinski definition) is 8. The number of methoxy groups -OCH3 is 1. The molecule has 0 fully saturated rings. The molecular weight excluding hydrogens is 280 g/mol. The highest BCUT2D eigenvalue weighted by Crippen LogP contribution is 2.27. The summed E-state index contributed by atoms with van der Waals surface area (Å²) in [5, 5.41) is 4.85. The molecule has 3 heterocycles. The van der Waals surface area contributed by atoms with Crippen LogP contribution in [-0.4, -0.2) is 37.8 Å². The van der Waals surface area contributed by atoms with E-state index in [0.717, 1.165) is 15.1 Å². The number of nitrogens with two attached hydrogens (primary N) is 1. The van der Waals surface area contributed by atoms with E-state index in [4.69, 9.17) is 5.73 Å². The molecule has 0 bridgehead atoms. The third-order valence-electron chi connectivity index (χ3n) is 2.59. The number of nitrogens with zero attached hydrogens (tertiary/aromatic N) is 5. The van der Waals surface area contributed by atoms with Crippen molar-refractivity contribution < 1.29 is 9.53 Å². The first-order valence-corrected chi connectivity index (χ1v) is 6.44. The molecule has 0 radical (unpaired) electrons. The topological polar surface area (TPSA) is 109 Å². The lowest BCUT2D eigenvalue weighted by atomic mass is 10.3. The van der Waals surface area contributed by atoms with Crippen LogP contribution in [0.2, 0.25) is 0 Å². The molecule has 9 heteroatoms. The van der Waals surface area contributed by atoms with E-state index in [1.165, 1.54) is 29.5 Å². The van der Waals surface area contributed by atoms with E-state index in [0.29, 0.717) is 5.82 Å². The van der Waals surface area contributed by atoms with Crippen molar-refractivity contribution in [1.82, 2.24) is 24.7 Å². The van der Waals surface area contributed by atoms with Crippen LogP contribution in [0.15, 0.2) is 12.4 Å². The van der Waals surface area contributed by atoms with Crippen molar-refractivity contribution in [2.45, 2.75) is 6.92 Å². The van der Waals surface area contributed by atoms with Gasteiger partial charge >= 0.3 is 5.97 Å². The summed E-state index contributed by atoms with van der Waals surface area (Å²) in [4.78, 5) is 25.4. The van der Waals surface area contributed by atoms with Gasteiger partial charge in [-0.05, 0) is 13.0 Å². The predicted octanol–water partition coefficient (Wildman–Crippen LogP) is 0.949. The minimum absolute atomic E-state index is 0.0372. The van der Waals surface area contributed by atoms with Crippen LogP contribution in [0.4, 0.5) is 5.95 Å². The minimum Gasteiger partial charge on any atom is -0.463 e. The van der Waals surface area contributed by atoms with E-state index in [2.05, 4.69) is 24.8 Å². The van der Waals surface area contributed by atoms with Crippen molar-refractivity contribution in [2.75, 3.05) is 12.8 Å². The first kappa shape index (κ1) is 12.5. The Labute approximate surface area is 117 Å². The summed E-state index contributed by atoms with van der Waals surface area (Å²) in [6.45, 7) is 1.97. The highest BCUT2D eigenvalue weighted by Gasteiger charge is 2.16. The van der Waals surface area contributed by atoms with Crippen LogP contribution < -0.4 is 5.73 Å². The molecule has 0 spiro atoms. The van der Waals surface area contributed by atoms with Gasteiger partial charge in [0.2, 0.25) is 5.95 Å². The molecule has 0 saturated carbocycles. The van der Waals surface area contributed by atoms with Crippen molar-refractivity contribution >= 4 is 33.5 Å². The first-order chi connectivity index (χ1) is 9.58. The number of hydrogen-bond donors (Lipinski definition) is 1. The van der Waals surface area contributed by atoms with Crippen LogP contribution in [0.5, 0.6) is 0 Å². The van der Waals surface area contributed by atoms with Gasteiger partial charge < -0.3 is 10.5 Å². The van der Waals surface area contributed by atoms with Crippen LogP contribution in [0, 0.1) is 6.92 Å². The maximum Gasteiger partial charge on any atom is 0.377 e. The van der Waals surface area contributed by atoms with E-state index >= 15 is 0 Å². The average Bonchev–Trinajstić information content (AvgIpc) is 3.02. The van der Waals surface area contributed by atoms with E-state index in [1.807, 2.05) is 13.0 Å². The van der Waals surface area contributed by atoms with Crippen molar-refractivity contribution in [3.05, 3.63) is 23.1 Å². The van der Waals surface area contributed by atoms with Gasteiger partial charge in [-0.2, -0.15) is 4.98 Å². The number of nitrogen functional groups attached to an aromatic ring is 1. The molecule has 0 aliphatic carbocycles. The van der Waals surface area contributed by atoms with Crippen LogP contribution >= 0.6 is 11.3 Å². The first-order valence-electron chi connectivity index (χ1n) is 5.62. The maximum atomic E-state index is 11.4. The summed E-state index contributed by atoms with van der Waals surface area (Å²) in [6.07, 6.45) is 1.39. The Hall–Kier alpha value is -2.55. The van der Waals surface area contributed by atoms with Gasteiger partial charge in [-0.25, -0.2) is 19.4 Å². The standard InChI is InChI=1S/C11H10N6O2S/c1-5-3-6-8(14-11(12)15-9(6)20-5)17-4-13-7(16-17)10(18)19-2/h3-4H,1-2H3,(H2,12,14,15). The second kappa shape index (κ2) is 4.53. The zero-order valence-corrected chi connectivity index (χ0v) is 11.5. The van der Waals surface area contributed by atoms with Gasteiger partial charge in [0.1, 0.15) is 11.2 Å². The fourth-order valence-electron chi connectivity index (χ4n) is 1.77. The number of aryl methyl sites for hydroxylation is 1. The largest absolute Gasteiger partial charge is 0.463 e. The number of carbonyl (C=O) groups is 1. The zero-order valence-electron chi connectivity index (χ0n) is 10.7. The van der Waals surface area contributed by atoms with Crippen molar-refractivity contribution in [1.29, 1.82) is 0 Å². The molecule has 8 nitrogen and oxygen atoms in total. The molecule has 20 heavy (non-hydrogen) atoms. The lowest BCUT2D eigenvalue weighted by Gasteiger charge is -2.02. The normalized spacial score (nSPS) is 10.9. The van der Waals surface area contributed by atoms with Gasteiger partial charge in [-0.15, -0.1) is 16.4 Å². The van der Waals surface area contributed by atoms with Crippen LogP contribution in [0.25, 0.3) is 16.0 Å². The number of ether oxygens (including phenoxy) is 1. The molecule has 0 atom stereocenters. The van der Waals surface area contributed by atoms with Gasteiger partial charge in [-0.1, -0.05) is 0 Å². The monoisotopic (exact) mass is 290 g/mol. The number of thiophene rings is 1. The summed E-state index contributed by atoms with van der Waals surface area (Å²) in [7, 11) is 1.27. The van der Waals surface area contributed by atoms with Gasteiger partial charge in [0, 0.05) is 4.88 Å². The van der Waals surface area contributed by atoms with Gasteiger partial charge in [0.15, 0.2) is 5.82 Å². The van der Waals surface area contributed by atoms with Gasteiger partial charge in [0.05, 0.1) is 12.5 Å². The Morgan fingerprint density at radius 2 is 2.25 bits per heavy atom. The molecular formula is C11H10N6O2S. The molecule has 0 aromatic carbocycles. The fourth-order valence-corrected chi connectivity index (χ4v) is 2.65. The lowest BCUT2D eigenvalue weighted by molar-refractivity contribution is 0.0587. The second-order valence-corrected chi connectivity index (χ2v) is 5.22. The number of anilines is 1. The molecule has 0 unspecified atom stereocenters. The van der Waals surface area contributed by atoms with E-state index in [9.17, 15) is 4.79 Å². The molecule has 3 aromatic heterocycles. The number of aromatic nitrogens is 5. The zero-order chi connectivity index (χ0) is 14.3. The number of carbonyl (C=O) groups excluding carboxylic acids is 1. The van der Waals surface area contributed by atoms with Crippen LogP contribution in [0.3, 0.4) is 0 Å². The summed E-state index contributed by atoms with van der Waals surface area (Å²) in [5.41, 5.74) is 5.70. The van der Waals surface area contributed by atoms with E-state index < -0.39 is 5.97 Å². The number of esters is 1. The van der Waals surface area contributed by atoms with Crippen molar-refractivity contribution in [3.8, 4) is 5.82 Å². The smallest absolute Gasteiger partial charge is 0.377 e. The molecule has 0 amide bonds. The van der Waals surface area contributed by atoms with Crippen molar-refractivity contribution in [2.24, 2.45) is 0 Å². The molecule has 102 valence electrons. The van der Waals surface area contributed by atoms with Crippen LogP contribution in [0.1, 0.15) is 15.5 Å². The molecule has 0 aliphatic heterocycles.